The van der Waals surface area contributed by atoms with E-state index in [1.165, 1.54) is 43.6 Å². The Morgan fingerprint density at radius 1 is 1.23 bits per heavy atom. The molecule has 6 rings (SSSR count). The highest BCUT2D eigenvalue weighted by molar-refractivity contribution is 8.00. The van der Waals surface area contributed by atoms with E-state index >= 15 is 0 Å². The molecule has 2 amide bonds. The predicted molar refractivity (Wildman–Crippen MR) is 169 cm³/mol. The lowest BCUT2D eigenvalue weighted by molar-refractivity contribution is -0.924. The number of thiazole rings is 1. The van der Waals surface area contributed by atoms with Gasteiger partial charge in [0.15, 0.2) is 28.2 Å². The molecule has 5 N–H and O–H groups in total. The minimum atomic E-state index is -1.50. The monoisotopic (exact) mass is 685 g/mol. The van der Waals surface area contributed by atoms with Gasteiger partial charge in [0.25, 0.3) is 11.8 Å². The molecule has 2 aromatic heterocycles. The Morgan fingerprint density at radius 3 is 2.49 bits per heavy atom. The number of aryl methyl sites for hydroxylation is 1. The van der Waals surface area contributed by atoms with Crippen molar-refractivity contribution < 1.29 is 38.7 Å². The number of hydrogen-bond acceptors (Lipinski definition) is 15. The molecule has 2 atom stereocenters. The van der Waals surface area contributed by atoms with Crippen LogP contribution in [0.1, 0.15) is 35.7 Å². The third-order valence-corrected chi connectivity index (χ3v) is 10.3. The molecule has 19 heteroatoms. The molecule has 5 heterocycles. The van der Waals surface area contributed by atoms with Crippen molar-refractivity contribution in [1.29, 1.82) is 0 Å². The van der Waals surface area contributed by atoms with Gasteiger partial charge in [-0.05, 0) is 36.4 Å². The van der Waals surface area contributed by atoms with Gasteiger partial charge in [-0.25, -0.2) is 14.5 Å². The predicted octanol–water partition coefficient (Wildman–Crippen LogP) is 0.304. The van der Waals surface area contributed by atoms with Gasteiger partial charge >= 0.3 is 5.97 Å². The SMILES string of the molecule is COC(=O)C(C)(C)O/N=C(\C(=O)NC1C(=O)N2C(c3nnnn3C)=C(C[N+]3(C)Cc4cc(O)c(O)cc4C3)CSC12)c1cnc(N)s1. The number of phenols is 2. The molecule has 1 saturated heterocycles. The minimum Gasteiger partial charge on any atom is -0.504 e. The van der Waals surface area contributed by atoms with Crippen molar-refractivity contribution in [2.75, 3.05) is 32.2 Å². The Hall–Kier alpha value is -4.75. The number of oxime groups is 1. The molecule has 3 aliphatic rings. The number of carbonyl (C=O) groups is 3. The van der Waals surface area contributed by atoms with Gasteiger partial charge in [-0.1, -0.05) is 16.5 Å². The maximum atomic E-state index is 13.8. The lowest BCUT2D eigenvalue weighted by Gasteiger charge is -2.50. The number of aromatic nitrogens is 5. The fourth-order valence-electron chi connectivity index (χ4n) is 5.90. The largest absolute Gasteiger partial charge is 0.504 e. The van der Waals surface area contributed by atoms with Crippen molar-refractivity contribution in [1.82, 2.24) is 35.4 Å². The summed E-state index contributed by atoms with van der Waals surface area (Å²) in [6.07, 6.45) is 1.36. The summed E-state index contributed by atoms with van der Waals surface area (Å²) in [7, 11) is 4.97. The number of tetrazole rings is 1. The number of amides is 2. The molecule has 47 heavy (non-hydrogen) atoms. The van der Waals surface area contributed by atoms with Crippen LogP contribution < -0.4 is 11.1 Å². The Morgan fingerprint density at radius 2 is 1.91 bits per heavy atom. The molecule has 3 aliphatic heterocycles. The van der Waals surface area contributed by atoms with E-state index in [1.807, 2.05) is 0 Å². The number of aromatic hydroxyl groups is 2. The first-order valence-corrected chi connectivity index (χ1v) is 16.2. The van der Waals surface area contributed by atoms with Crippen molar-refractivity contribution in [3.8, 4) is 11.5 Å². The van der Waals surface area contributed by atoms with E-state index in [0.717, 1.165) is 28.0 Å². The summed E-state index contributed by atoms with van der Waals surface area (Å²) in [5.41, 5.74) is 7.48. The number of thioether (sulfide) groups is 1. The number of benzene rings is 1. The molecule has 17 nitrogen and oxygen atoms in total. The molecule has 1 aromatic carbocycles. The number of quaternary nitrogens is 1. The second-order valence-corrected chi connectivity index (χ2v) is 14.4. The van der Waals surface area contributed by atoms with Crippen LogP contribution in [-0.4, -0.2) is 112 Å². The number of likely N-dealkylation sites (N-methyl/N-ethyl adjacent to an activating group) is 1. The summed E-state index contributed by atoms with van der Waals surface area (Å²) in [5, 5.41) is 38.6. The number of fused-ring (bicyclic) bond motifs is 2. The van der Waals surface area contributed by atoms with Gasteiger partial charge in [0, 0.05) is 35.7 Å². The number of nitrogens with one attached hydrogen (secondary N) is 1. The minimum absolute atomic E-state index is 0.164. The van der Waals surface area contributed by atoms with Crippen molar-refractivity contribution in [3.05, 3.63) is 45.7 Å². The molecule has 2 unspecified atom stereocenters. The number of carbonyl (C=O) groups excluding carboxylic acids is 3. The summed E-state index contributed by atoms with van der Waals surface area (Å²) in [6, 6.07) is 2.27. The zero-order chi connectivity index (χ0) is 33.8. The molecular weight excluding hydrogens is 653 g/mol. The van der Waals surface area contributed by atoms with E-state index in [4.69, 9.17) is 15.3 Å². The van der Waals surface area contributed by atoms with E-state index in [0.29, 0.717) is 41.4 Å². The first-order valence-electron chi connectivity index (χ1n) is 14.3. The average Bonchev–Trinajstić information content (AvgIpc) is 3.73. The quantitative estimate of drug-likeness (QED) is 0.0596. The summed E-state index contributed by atoms with van der Waals surface area (Å²) in [5.74, 6) is -1.19. The number of phenolic OH excluding ortho intramolecular Hbond substituents is 2. The first kappa shape index (κ1) is 32.2. The number of β-lactam (4-membered cyclic amide) rings is 1. The van der Waals surface area contributed by atoms with Gasteiger partial charge in [-0.15, -0.1) is 16.9 Å². The maximum Gasteiger partial charge on any atom is 0.352 e. The van der Waals surface area contributed by atoms with Gasteiger partial charge in [0.05, 0.1) is 24.7 Å². The van der Waals surface area contributed by atoms with Crippen molar-refractivity contribution in [2.45, 2.75) is 44.0 Å². The number of ether oxygens (including phenoxy) is 1. The molecule has 0 saturated carbocycles. The van der Waals surface area contributed by atoms with Gasteiger partial charge < -0.3 is 35.3 Å². The van der Waals surface area contributed by atoms with Crippen molar-refractivity contribution in [3.63, 3.8) is 0 Å². The number of nitrogen functional groups attached to an aromatic ring is 1. The lowest BCUT2D eigenvalue weighted by atomic mass is 10.0. The molecule has 0 aliphatic carbocycles. The Labute approximate surface area is 276 Å². The van der Waals surface area contributed by atoms with Crippen LogP contribution >= 0.6 is 23.1 Å². The van der Waals surface area contributed by atoms with Crippen molar-refractivity contribution >= 4 is 57.4 Å². The molecule has 248 valence electrons. The van der Waals surface area contributed by atoms with Gasteiger partial charge in [0.1, 0.15) is 31.0 Å². The number of nitrogens with zero attached hydrogens (tertiary/aromatic N) is 8. The number of rotatable bonds is 9. The van der Waals surface area contributed by atoms with E-state index < -0.39 is 28.9 Å². The smallest absolute Gasteiger partial charge is 0.352 e. The summed E-state index contributed by atoms with van der Waals surface area (Å²) in [4.78, 5) is 50.9. The van der Waals surface area contributed by atoms with Gasteiger partial charge in [0.2, 0.25) is 5.60 Å². The molecule has 3 aromatic rings. The number of anilines is 1. The molecule has 0 spiro atoms. The Balaban J connectivity index is 1.26. The average molecular weight is 686 g/mol. The van der Waals surface area contributed by atoms with Crippen LogP contribution in [0.3, 0.4) is 0 Å². The van der Waals surface area contributed by atoms with Crippen LogP contribution in [0.4, 0.5) is 5.13 Å². The van der Waals surface area contributed by atoms with Crippen LogP contribution in [0.5, 0.6) is 11.5 Å². The zero-order valence-corrected chi connectivity index (χ0v) is 27.8. The van der Waals surface area contributed by atoms with E-state index in [2.05, 4.69) is 38.0 Å². The van der Waals surface area contributed by atoms with Crippen LogP contribution in [0, 0.1) is 0 Å². The van der Waals surface area contributed by atoms with E-state index in [-0.39, 0.29) is 33.1 Å². The van der Waals surface area contributed by atoms with Crippen LogP contribution in [-0.2, 0) is 44.1 Å². The molecular formula is C28H33N10O7S2+. The van der Waals surface area contributed by atoms with Gasteiger partial charge in [-0.2, -0.15) is 0 Å². The zero-order valence-electron chi connectivity index (χ0n) is 26.1. The van der Waals surface area contributed by atoms with Gasteiger partial charge in [-0.3, -0.25) is 14.5 Å². The normalized spacial score (nSPS) is 20.4. The molecule has 0 bridgehead atoms. The third kappa shape index (κ3) is 5.85. The second kappa shape index (κ2) is 11.8. The highest BCUT2D eigenvalue weighted by atomic mass is 32.2. The number of hydrogen-bond donors (Lipinski definition) is 4. The fraction of sp³-hybridized carbons (Fsp3) is 0.429. The molecule has 1 fully saturated rings. The van der Waals surface area contributed by atoms with Crippen molar-refractivity contribution in [2.24, 2.45) is 12.2 Å². The lowest BCUT2D eigenvalue weighted by Crippen LogP contribution is -2.70. The maximum absolute atomic E-state index is 13.8. The van der Waals surface area contributed by atoms with E-state index in [1.54, 1.807) is 24.1 Å². The first-order chi connectivity index (χ1) is 22.2. The topological polar surface area (TPSA) is 220 Å². The highest BCUT2D eigenvalue weighted by Gasteiger charge is 2.55. The number of methoxy groups -OCH3 is 1. The van der Waals surface area contributed by atoms with E-state index in [9.17, 15) is 24.6 Å². The number of nitrogens with two attached hydrogens (primary N) is 1. The standard InChI is InChI=1S/C28H32N10O7S2/c1-28(2,26(43)44-5)45-33-19(18-8-30-27(29)47-18)23(41)31-20-24(42)37-21(22-32-34-35-36(22)3)15(12-46-25(20)37)11-38(4)9-13-6-16(39)17(40)7-14(13)10-38/h6-8,20,25H,9-12H2,1-5H3,(H4-,29,30,31,33,34,35,39,40,41)/p+1. The second-order valence-electron chi connectivity index (χ2n) is 12.2. The summed E-state index contributed by atoms with van der Waals surface area (Å²) in [6.45, 7) is 4.63. The van der Waals surface area contributed by atoms with Crippen LogP contribution in [0.2, 0.25) is 0 Å². The Kier molecular flexibility index (Phi) is 8.09. The summed E-state index contributed by atoms with van der Waals surface area (Å²) >= 11 is 2.49. The van der Waals surface area contributed by atoms with Crippen LogP contribution in [0.15, 0.2) is 29.1 Å². The third-order valence-electron chi connectivity index (χ3n) is 8.15. The molecule has 0 radical (unpaired) electrons. The number of esters is 1. The highest BCUT2D eigenvalue weighted by Crippen LogP contribution is 2.45. The van der Waals surface area contributed by atoms with Crippen LogP contribution in [0.25, 0.3) is 5.70 Å². The Bertz CT molecular complexity index is 1820. The summed E-state index contributed by atoms with van der Waals surface area (Å²) < 4.78 is 6.79. The fourth-order valence-corrected chi connectivity index (χ4v) is 7.90.